The van der Waals surface area contributed by atoms with Crippen LogP contribution in [0, 0.1) is 0 Å². The normalized spacial score (nSPS) is 11.3. The van der Waals surface area contributed by atoms with Crippen LogP contribution >= 0.6 is 11.3 Å². The fourth-order valence-electron chi connectivity index (χ4n) is 3.58. The van der Waals surface area contributed by atoms with E-state index in [2.05, 4.69) is 16.0 Å². The molecule has 5 N–H and O–H groups in total. The zero-order valence-corrected chi connectivity index (χ0v) is 19.8. The zero-order chi connectivity index (χ0) is 24.8. The predicted octanol–water partition coefficient (Wildman–Crippen LogP) is 4.72. The molecule has 7 nitrogen and oxygen atoms in total. The Balaban J connectivity index is 1.52. The van der Waals surface area contributed by atoms with E-state index in [0.29, 0.717) is 28.2 Å². The molecule has 0 fully saturated rings. The van der Waals surface area contributed by atoms with Crippen LogP contribution < -0.4 is 21.7 Å². The second-order valence-electron chi connectivity index (χ2n) is 7.76. The van der Waals surface area contributed by atoms with Crippen molar-refractivity contribution >= 4 is 46.1 Å². The largest absolute Gasteiger partial charge is 0.397 e. The standard InChI is InChI=1S/C27H24N4O3S/c1-29-26(33)24(27(34)30-20-6-3-2-4-7-20)17-9-11-18(12-10-17)25(32)31-22-16-19(13-14-21(22)28)23-8-5-15-35-23/h2-16,24H,28H2,1H3,(H,29,33)(H,30,34)(H,31,32). The van der Waals surface area contributed by atoms with Gasteiger partial charge in [-0.1, -0.05) is 42.5 Å². The summed E-state index contributed by atoms with van der Waals surface area (Å²) in [5.74, 6) is -2.34. The number of hydrogen-bond donors (Lipinski definition) is 4. The molecular weight excluding hydrogens is 460 g/mol. The van der Waals surface area contributed by atoms with Gasteiger partial charge in [0.2, 0.25) is 11.8 Å². The summed E-state index contributed by atoms with van der Waals surface area (Å²) in [6.45, 7) is 0. The number of anilines is 3. The van der Waals surface area contributed by atoms with E-state index in [1.165, 1.54) is 7.05 Å². The topological polar surface area (TPSA) is 113 Å². The molecule has 0 aliphatic rings. The van der Waals surface area contributed by atoms with Crippen molar-refractivity contribution in [1.82, 2.24) is 5.32 Å². The van der Waals surface area contributed by atoms with E-state index in [-0.39, 0.29) is 5.91 Å². The molecule has 0 saturated heterocycles. The second-order valence-corrected chi connectivity index (χ2v) is 8.71. The van der Waals surface area contributed by atoms with Gasteiger partial charge in [0.25, 0.3) is 5.91 Å². The lowest BCUT2D eigenvalue weighted by molar-refractivity contribution is -0.128. The third-order valence-electron chi connectivity index (χ3n) is 5.43. The van der Waals surface area contributed by atoms with Gasteiger partial charge in [0.15, 0.2) is 0 Å². The van der Waals surface area contributed by atoms with Crippen molar-refractivity contribution in [3.05, 3.63) is 101 Å². The van der Waals surface area contributed by atoms with E-state index in [4.69, 9.17) is 5.73 Å². The minimum absolute atomic E-state index is 0.350. The monoisotopic (exact) mass is 484 g/mol. The number of carbonyl (C=O) groups excluding carboxylic acids is 3. The molecule has 4 aromatic rings. The van der Waals surface area contributed by atoms with Crippen molar-refractivity contribution in [1.29, 1.82) is 0 Å². The van der Waals surface area contributed by atoms with E-state index in [1.807, 2.05) is 35.7 Å². The molecule has 1 heterocycles. The van der Waals surface area contributed by atoms with Crippen molar-refractivity contribution in [2.24, 2.45) is 0 Å². The summed E-state index contributed by atoms with van der Waals surface area (Å²) >= 11 is 1.60. The Kier molecular flexibility index (Phi) is 7.23. The van der Waals surface area contributed by atoms with Gasteiger partial charge >= 0.3 is 0 Å². The van der Waals surface area contributed by atoms with Gasteiger partial charge in [0.1, 0.15) is 5.92 Å². The van der Waals surface area contributed by atoms with Crippen LogP contribution in [0.4, 0.5) is 17.1 Å². The first-order chi connectivity index (χ1) is 17.0. The van der Waals surface area contributed by atoms with E-state index in [1.54, 1.807) is 65.9 Å². The molecular formula is C27H24N4O3S. The van der Waals surface area contributed by atoms with E-state index >= 15 is 0 Å². The molecule has 35 heavy (non-hydrogen) atoms. The third kappa shape index (κ3) is 5.56. The van der Waals surface area contributed by atoms with E-state index < -0.39 is 17.7 Å². The number of nitrogens with one attached hydrogen (secondary N) is 3. The Hall–Kier alpha value is -4.43. The van der Waals surface area contributed by atoms with Crippen LogP contribution in [0.25, 0.3) is 10.4 Å². The Morgan fingerprint density at radius 2 is 1.57 bits per heavy atom. The molecule has 0 aliphatic heterocycles. The minimum atomic E-state index is -1.07. The maximum atomic E-state index is 12.9. The molecule has 3 aromatic carbocycles. The summed E-state index contributed by atoms with van der Waals surface area (Å²) in [6.07, 6.45) is 0. The highest BCUT2D eigenvalue weighted by atomic mass is 32.1. The van der Waals surface area contributed by atoms with Crippen LogP contribution in [0.15, 0.2) is 90.3 Å². The molecule has 1 aromatic heterocycles. The van der Waals surface area contributed by atoms with Crippen LogP contribution in [0.1, 0.15) is 21.8 Å². The Bertz CT molecular complexity index is 1340. The number of nitrogen functional groups attached to an aromatic ring is 1. The first-order valence-electron chi connectivity index (χ1n) is 10.9. The summed E-state index contributed by atoms with van der Waals surface area (Å²) in [6, 6.07) is 24.7. The highest BCUT2D eigenvalue weighted by Crippen LogP contribution is 2.30. The summed E-state index contributed by atoms with van der Waals surface area (Å²) in [7, 11) is 1.47. The van der Waals surface area contributed by atoms with Gasteiger partial charge in [-0.15, -0.1) is 11.3 Å². The average Bonchev–Trinajstić information content (AvgIpc) is 3.41. The number of rotatable bonds is 7. The molecule has 0 radical (unpaired) electrons. The van der Waals surface area contributed by atoms with Gasteiger partial charge in [0.05, 0.1) is 11.4 Å². The van der Waals surface area contributed by atoms with Gasteiger partial charge in [-0.2, -0.15) is 0 Å². The number of benzene rings is 3. The number of amides is 3. The zero-order valence-electron chi connectivity index (χ0n) is 18.9. The molecule has 8 heteroatoms. The lowest BCUT2D eigenvalue weighted by Crippen LogP contribution is -2.34. The molecule has 0 bridgehead atoms. The lowest BCUT2D eigenvalue weighted by atomic mass is 9.95. The maximum absolute atomic E-state index is 12.9. The Morgan fingerprint density at radius 3 is 2.23 bits per heavy atom. The number of thiophene rings is 1. The van der Waals surface area contributed by atoms with Crippen LogP contribution in [0.2, 0.25) is 0 Å². The molecule has 0 aliphatic carbocycles. The summed E-state index contributed by atoms with van der Waals surface area (Å²) < 4.78 is 0. The van der Waals surface area contributed by atoms with Crippen LogP contribution in [0.5, 0.6) is 0 Å². The fourth-order valence-corrected chi connectivity index (χ4v) is 4.31. The fraction of sp³-hybridized carbons (Fsp3) is 0.0741. The molecule has 1 unspecified atom stereocenters. The molecule has 1 atom stereocenters. The maximum Gasteiger partial charge on any atom is 0.255 e. The molecule has 4 rings (SSSR count). The summed E-state index contributed by atoms with van der Waals surface area (Å²) in [4.78, 5) is 39.3. The van der Waals surface area contributed by atoms with E-state index in [9.17, 15) is 14.4 Å². The van der Waals surface area contributed by atoms with Gasteiger partial charge < -0.3 is 21.7 Å². The van der Waals surface area contributed by atoms with Crippen LogP contribution in [-0.4, -0.2) is 24.8 Å². The molecule has 176 valence electrons. The molecule has 3 amide bonds. The number of para-hydroxylation sites is 1. The first kappa shape index (κ1) is 23.7. The highest BCUT2D eigenvalue weighted by molar-refractivity contribution is 7.13. The quantitative estimate of drug-likeness (QED) is 0.225. The Labute approximate surface area is 207 Å². The Morgan fingerprint density at radius 1 is 0.829 bits per heavy atom. The smallest absolute Gasteiger partial charge is 0.255 e. The summed E-state index contributed by atoms with van der Waals surface area (Å²) in [5.41, 5.74) is 9.42. The second kappa shape index (κ2) is 10.7. The van der Waals surface area contributed by atoms with Crippen molar-refractivity contribution < 1.29 is 14.4 Å². The van der Waals surface area contributed by atoms with Crippen LogP contribution in [-0.2, 0) is 9.59 Å². The highest BCUT2D eigenvalue weighted by Gasteiger charge is 2.28. The van der Waals surface area contributed by atoms with Gasteiger partial charge in [0, 0.05) is 23.2 Å². The average molecular weight is 485 g/mol. The number of nitrogens with two attached hydrogens (primary N) is 1. The van der Waals surface area contributed by atoms with Crippen molar-refractivity contribution in [2.45, 2.75) is 5.92 Å². The van der Waals surface area contributed by atoms with Crippen molar-refractivity contribution in [2.75, 3.05) is 23.4 Å². The van der Waals surface area contributed by atoms with Gasteiger partial charge in [-0.25, -0.2) is 0 Å². The first-order valence-corrected chi connectivity index (χ1v) is 11.8. The van der Waals surface area contributed by atoms with Crippen molar-refractivity contribution in [3.63, 3.8) is 0 Å². The van der Waals surface area contributed by atoms with Crippen LogP contribution in [0.3, 0.4) is 0 Å². The SMILES string of the molecule is CNC(=O)C(C(=O)Nc1ccccc1)c1ccc(C(=O)Nc2cc(-c3cccs3)ccc2N)cc1. The molecule has 0 saturated carbocycles. The number of carbonyl (C=O) groups is 3. The lowest BCUT2D eigenvalue weighted by Gasteiger charge is -2.16. The van der Waals surface area contributed by atoms with Gasteiger partial charge in [-0.05, 0) is 59.0 Å². The van der Waals surface area contributed by atoms with E-state index in [0.717, 1.165) is 10.4 Å². The van der Waals surface area contributed by atoms with Gasteiger partial charge in [-0.3, -0.25) is 14.4 Å². The predicted molar refractivity (Wildman–Crippen MR) is 140 cm³/mol. The molecule has 0 spiro atoms. The third-order valence-corrected chi connectivity index (χ3v) is 6.34. The van der Waals surface area contributed by atoms with Crippen molar-refractivity contribution in [3.8, 4) is 10.4 Å². The summed E-state index contributed by atoms with van der Waals surface area (Å²) in [5, 5.41) is 10.1. The number of likely N-dealkylation sites (N-methyl/N-ethyl adjacent to an activating group) is 1. The number of hydrogen-bond acceptors (Lipinski definition) is 5. The minimum Gasteiger partial charge on any atom is -0.397 e.